The Morgan fingerprint density at radius 1 is 1.18 bits per heavy atom. The van der Waals surface area contributed by atoms with Crippen molar-refractivity contribution in [1.29, 1.82) is 0 Å². The van der Waals surface area contributed by atoms with Crippen LogP contribution in [-0.2, 0) is 28.5 Å². The molecule has 8 nitrogen and oxygen atoms in total. The molecular formula is C30H41ClO8. The highest BCUT2D eigenvalue weighted by atomic mass is 35.5. The van der Waals surface area contributed by atoms with Gasteiger partial charge in [-0.2, -0.15) is 0 Å². The first-order valence-corrected chi connectivity index (χ1v) is 14.1. The molecule has 1 N–H and O–H groups in total. The number of unbranched alkanes of at least 4 members (excludes halogenated alkanes) is 1. The van der Waals surface area contributed by atoms with Gasteiger partial charge >= 0.3 is 11.9 Å². The summed E-state index contributed by atoms with van der Waals surface area (Å²) in [5, 5.41) is 11.2. The summed E-state index contributed by atoms with van der Waals surface area (Å²) in [4.78, 5) is 23.3. The molecule has 216 valence electrons. The quantitative estimate of drug-likeness (QED) is 0.182. The van der Waals surface area contributed by atoms with Gasteiger partial charge in [-0.1, -0.05) is 35.9 Å². The number of aliphatic hydroxyl groups is 1. The molecule has 0 amide bonds. The van der Waals surface area contributed by atoms with Gasteiger partial charge in [-0.25, -0.2) is 0 Å². The van der Waals surface area contributed by atoms with Crippen molar-refractivity contribution in [3.63, 3.8) is 0 Å². The van der Waals surface area contributed by atoms with Crippen LogP contribution < -0.4 is 4.74 Å². The minimum atomic E-state index is -0.838. The van der Waals surface area contributed by atoms with Gasteiger partial charge in [0.25, 0.3) is 0 Å². The number of ether oxygens (including phenoxy) is 5. The molecule has 1 saturated heterocycles. The number of halogens is 1. The predicted molar refractivity (Wildman–Crippen MR) is 147 cm³/mol. The van der Waals surface area contributed by atoms with E-state index < -0.39 is 6.10 Å². The summed E-state index contributed by atoms with van der Waals surface area (Å²) < 4.78 is 28.3. The lowest BCUT2D eigenvalue weighted by Gasteiger charge is -2.29. The zero-order valence-corrected chi connectivity index (χ0v) is 23.6. The van der Waals surface area contributed by atoms with Gasteiger partial charge in [0, 0.05) is 43.2 Å². The zero-order valence-electron chi connectivity index (χ0n) is 22.8. The van der Waals surface area contributed by atoms with E-state index in [1.54, 1.807) is 30.3 Å². The molecule has 0 radical (unpaired) electrons. The molecule has 9 heteroatoms. The van der Waals surface area contributed by atoms with Crippen LogP contribution in [0.2, 0.25) is 5.02 Å². The Bertz CT molecular complexity index is 941. The standard InChI is InChI=1S/C30H41ClO8/c1-21(32)38-27-19-28(39-30-11-7-8-18-36-30)26(25(27)9-5-3-4-6-10-29(34)35-2)17-14-23(33)20-37-24-15-12-22(31)13-16-24/h3,5,12-17,23,25-28,30,33H,4,6-11,18-20H2,1-2H3/t23-,25-,26-,27+,28-,30?/m1/s1. The lowest BCUT2D eigenvalue weighted by molar-refractivity contribution is -0.193. The number of allylic oxidation sites excluding steroid dienone is 2. The molecule has 39 heavy (non-hydrogen) atoms. The molecule has 2 aliphatic rings. The summed E-state index contributed by atoms with van der Waals surface area (Å²) in [5.41, 5.74) is 0. The highest BCUT2D eigenvalue weighted by Gasteiger charge is 2.45. The number of carbonyl (C=O) groups excluding carboxylic acids is 2. The monoisotopic (exact) mass is 564 g/mol. The van der Waals surface area contributed by atoms with Crippen molar-refractivity contribution in [3.05, 3.63) is 53.6 Å². The highest BCUT2D eigenvalue weighted by molar-refractivity contribution is 6.30. The minimum absolute atomic E-state index is 0.0417. The number of hydrogen-bond donors (Lipinski definition) is 1. The van der Waals surface area contributed by atoms with Gasteiger partial charge in [0.15, 0.2) is 6.29 Å². The van der Waals surface area contributed by atoms with E-state index in [9.17, 15) is 14.7 Å². The normalized spacial score (nSPS) is 26.1. The van der Waals surface area contributed by atoms with E-state index in [4.69, 9.17) is 35.3 Å². The van der Waals surface area contributed by atoms with Gasteiger partial charge in [0.1, 0.15) is 24.6 Å². The smallest absolute Gasteiger partial charge is 0.305 e. The van der Waals surface area contributed by atoms with E-state index in [1.165, 1.54) is 14.0 Å². The Morgan fingerprint density at radius 3 is 2.67 bits per heavy atom. The first-order valence-electron chi connectivity index (χ1n) is 13.8. The van der Waals surface area contributed by atoms with Gasteiger partial charge in [0.2, 0.25) is 0 Å². The van der Waals surface area contributed by atoms with Gasteiger partial charge in [-0.3, -0.25) is 9.59 Å². The van der Waals surface area contributed by atoms with Crippen molar-refractivity contribution in [2.45, 2.75) is 82.9 Å². The first-order chi connectivity index (χ1) is 18.9. The number of methoxy groups -OCH3 is 1. The second-order valence-electron chi connectivity index (χ2n) is 9.99. The maximum Gasteiger partial charge on any atom is 0.305 e. The second-order valence-corrected chi connectivity index (χ2v) is 10.4. The average Bonchev–Trinajstić information content (AvgIpc) is 3.23. The third kappa shape index (κ3) is 11.0. The zero-order chi connectivity index (χ0) is 28.0. The van der Waals surface area contributed by atoms with Crippen LogP contribution in [0.5, 0.6) is 5.75 Å². The Balaban J connectivity index is 1.68. The van der Waals surface area contributed by atoms with Crippen LogP contribution in [-0.4, -0.2) is 62.0 Å². The summed E-state index contributed by atoms with van der Waals surface area (Å²) in [6, 6.07) is 6.97. The first kappa shape index (κ1) is 31.1. The number of esters is 2. The molecule has 0 spiro atoms. The van der Waals surface area contributed by atoms with Gasteiger partial charge < -0.3 is 28.8 Å². The molecule has 1 aliphatic carbocycles. The highest BCUT2D eigenvalue weighted by Crippen LogP contribution is 2.41. The van der Waals surface area contributed by atoms with E-state index in [2.05, 4.69) is 6.08 Å². The largest absolute Gasteiger partial charge is 0.491 e. The molecule has 1 aromatic rings. The lowest BCUT2D eigenvalue weighted by Crippen LogP contribution is -2.31. The molecule has 1 heterocycles. The van der Waals surface area contributed by atoms with Crippen molar-refractivity contribution < 1.29 is 38.4 Å². The maximum atomic E-state index is 11.9. The van der Waals surface area contributed by atoms with Crippen LogP contribution in [0, 0.1) is 11.8 Å². The fraction of sp³-hybridized carbons (Fsp3) is 0.600. The van der Waals surface area contributed by atoms with Crippen LogP contribution in [0.4, 0.5) is 0 Å². The molecule has 2 fully saturated rings. The topological polar surface area (TPSA) is 101 Å². The van der Waals surface area contributed by atoms with Crippen LogP contribution in [0.1, 0.15) is 58.3 Å². The van der Waals surface area contributed by atoms with Crippen LogP contribution in [0.25, 0.3) is 0 Å². The molecule has 0 aromatic heterocycles. The second kappa shape index (κ2) is 16.7. The maximum absolute atomic E-state index is 11.9. The van der Waals surface area contributed by atoms with Gasteiger partial charge in [0.05, 0.1) is 13.2 Å². The van der Waals surface area contributed by atoms with Crippen molar-refractivity contribution in [3.8, 4) is 5.75 Å². The fourth-order valence-corrected chi connectivity index (χ4v) is 5.16. The predicted octanol–water partition coefficient (Wildman–Crippen LogP) is 5.41. The van der Waals surface area contributed by atoms with E-state index in [0.29, 0.717) is 43.1 Å². The van der Waals surface area contributed by atoms with Crippen molar-refractivity contribution in [2.75, 3.05) is 20.3 Å². The SMILES string of the molecule is COC(=O)CCCC=CC[C@@H]1[C@@H](C=C[C@@H](O)COc2ccc(Cl)cc2)[C@H](OC2CCCCO2)C[C@@H]1OC(C)=O. The summed E-state index contributed by atoms with van der Waals surface area (Å²) in [5.74, 6) is -0.0816. The molecule has 0 bridgehead atoms. The van der Waals surface area contributed by atoms with E-state index in [0.717, 1.165) is 25.7 Å². The van der Waals surface area contributed by atoms with Crippen molar-refractivity contribution in [2.24, 2.45) is 11.8 Å². The molecule has 6 atom stereocenters. The van der Waals surface area contributed by atoms with Crippen molar-refractivity contribution >= 4 is 23.5 Å². The Labute approximate surface area is 236 Å². The number of rotatable bonds is 14. The fourth-order valence-electron chi connectivity index (χ4n) is 5.03. The molecule has 3 rings (SSSR count). The molecule has 1 unspecified atom stereocenters. The van der Waals surface area contributed by atoms with E-state index >= 15 is 0 Å². The number of carbonyl (C=O) groups is 2. The Morgan fingerprint density at radius 2 is 1.97 bits per heavy atom. The van der Waals surface area contributed by atoms with Gasteiger partial charge in [-0.15, -0.1) is 0 Å². The summed E-state index contributed by atoms with van der Waals surface area (Å²) in [6.07, 6.45) is 12.0. The molecule has 1 aromatic carbocycles. The summed E-state index contributed by atoms with van der Waals surface area (Å²) in [7, 11) is 1.39. The molecule has 1 saturated carbocycles. The van der Waals surface area contributed by atoms with Crippen LogP contribution in [0.3, 0.4) is 0 Å². The summed E-state index contributed by atoms with van der Waals surface area (Å²) in [6.45, 7) is 2.17. The van der Waals surface area contributed by atoms with Crippen LogP contribution >= 0.6 is 11.6 Å². The third-order valence-corrected chi connectivity index (χ3v) is 7.24. The lowest BCUT2D eigenvalue weighted by atomic mass is 9.89. The minimum Gasteiger partial charge on any atom is -0.491 e. The van der Waals surface area contributed by atoms with Gasteiger partial charge in [-0.05, 0) is 62.8 Å². The van der Waals surface area contributed by atoms with E-state index in [-0.39, 0.29) is 48.9 Å². The number of aliphatic hydroxyl groups excluding tert-OH is 1. The number of hydrogen-bond acceptors (Lipinski definition) is 8. The van der Waals surface area contributed by atoms with Crippen molar-refractivity contribution in [1.82, 2.24) is 0 Å². The Hall–Kier alpha value is -2.39. The average molecular weight is 565 g/mol. The Kier molecular flexibility index (Phi) is 13.3. The molecular weight excluding hydrogens is 524 g/mol. The third-order valence-electron chi connectivity index (χ3n) is 6.99. The number of benzene rings is 1. The summed E-state index contributed by atoms with van der Waals surface area (Å²) >= 11 is 5.93. The van der Waals surface area contributed by atoms with Crippen LogP contribution in [0.15, 0.2) is 48.6 Å². The molecule has 1 aliphatic heterocycles. The van der Waals surface area contributed by atoms with E-state index in [1.807, 2.05) is 12.2 Å².